The summed E-state index contributed by atoms with van der Waals surface area (Å²) in [5, 5.41) is 3.29. The zero-order chi connectivity index (χ0) is 12.7. The third-order valence-corrected chi connectivity index (χ3v) is 2.50. The number of hydrogen-bond acceptors (Lipinski definition) is 3. The Bertz CT molecular complexity index is 326. The van der Waals surface area contributed by atoms with Gasteiger partial charge in [-0.15, -0.1) is 0 Å². The molecule has 3 heteroatoms. The third kappa shape index (κ3) is 5.68. The Morgan fingerprint density at radius 2 is 2.12 bits per heavy atom. The van der Waals surface area contributed by atoms with Gasteiger partial charge < -0.3 is 10.1 Å². The van der Waals surface area contributed by atoms with E-state index in [-0.39, 0.29) is 6.10 Å². The van der Waals surface area contributed by atoms with Crippen LogP contribution in [0.25, 0.3) is 0 Å². The van der Waals surface area contributed by atoms with Crippen molar-refractivity contribution in [1.82, 2.24) is 10.3 Å². The van der Waals surface area contributed by atoms with Gasteiger partial charge in [-0.2, -0.15) is 0 Å². The van der Waals surface area contributed by atoms with E-state index in [1.54, 1.807) is 0 Å². The lowest BCUT2D eigenvalue weighted by Gasteiger charge is -2.16. The van der Waals surface area contributed by atoms with Crippen LogP contribution in [0, 0.1) is 5.92 Å². The zero-order valence-electron chi connectivity index (χ0n) is 11.4. The van der Waals surface area contributed by atoms with E-state index in [0.717, 1.165) is 25.4 Å². The van der Waals surface area contributed by atoms with Crippen molar-refractivity contribution in [3.63, 3.8) is 0 Å². The molecule has 0 bridgehead atoms. The van der Waals surface area contributed by atoms with Crippen molar-refractivity contribution in [3.05, 3.63) is 23.9 Å². The number of aromatic nitrogens is 1. The topological polar surface area (TPSA) is 34.2 Å². The number of nitrogens with one attached hydrogen (secondary N) is 1. The van der Waals surface area contributed by atoms with E-state index in [1.165, 1.54) is 5.56 Å². The summed E-state index contributed by atoms with van der Waals surface area (Å²) in [6, 6.07) is 4.03. The molecule has 17 heavy (non-hydrogen) atoms. The Kier molecular flexibility index (Phi) is 5.98. The molecule has 0 aliphatic heterocycles. The summed E-state index contributed by atoms with van der Waals surface area (Å²) in [5.74, 6) is 1.38. The smallest absolute Gasteiger partial charge is 0.213 e. The van der Waals surface area contributed by atoms with E-state index < -0.39 is 0 Å². The van der Waals surface area contributed by atoms with E-state index in [0.29, 0.717) is 5.92 Å². The second-order valence-electron chi connectivity index (χ2n) is 4.84. The van der Waals surface area contributed by atoms with Crippen LogP contribution in [0.2, 0.25) is 0 Å². The molecule has 3 nitrogen and oxygen atoms in total. The highest BCUT2D eigenvalue weighted by Gasteiger charge is 2.07. The first-order chi connectivity index (χ1) is 8.11. The van der Waals surface area contributed by atoms with Crippen LogP contribution in [0.15, 0.2) is 18.3 Å². The van der Waals surface area contributed by atoms with Crippen molar-refractivity contribution in [2.24, 2.45) is 5.92 Å². The van der Waals surface area contributed by atoms with Crippen LogP contribution in [-0.2, 0) is 6.54 Å². The first kappa shape index (κ1) is 14.0. The highest BCUT2D eigenvalue weighted by molar-refractivity contribution is 5.20. The molecule has 0 amide bonds. The Hall–Kier alpha value is -1.09. The van der Waals surface area contributed by atoms with Crippen LogP contribution in [0.4, 0.5) is 0 Å². The van der Waals surface area contributed by atoms with Crippen LogP contribution >= 0.6 is 0 Å². The normalized spacial score (nSPS) is 12.8. The molecule has 96 valence electrons. The summed E-state index contributed by atoms with van der Waals surface area (Å²) in [7, 11) is 0. The fraction of sp³-hybridized carbons (Fsp3) is 0.643. The van der Waals surface area contributed by atoms with Crippen molar-refractivity contribution in [2.75, 3.05) is 6.54 Å². The van der Waals surface area contributed by atoms with Gasteiger partial charge in [0, 0.05) is 18.8 Å². The summed E-state index contributed by atoms with van der Waals surface area (Å²) in [6.07, 6.45) is 3.08. The lowest BCUT2D eigenvalue weighted by Crippen LogP contribution is -2.16. The molecule has 1 aromatic rings. The first-order valence-electron chi connectivity index (χ1n) is 6.44. The van der Waals surface area contributed by atoms with Gasteiger partial charge in [0.25, 0.3) is 0 Å². The molecule has 0 aliphatic carbocycles. The summed E-state index contributed by atoms with van der Waals surface area (Å²) >= 11 is 0. The number of rotatable bonds is 7. The predicted octanol–water partition coefficient (Wildman–Crippen LogP) is 3.00. The van der Waals surface area contributed by atoms with Gasteiger partial charge in [0.05, 0.1) is 6.10 Å². The third-order valence-electron chi connectivity index (χ3n) is 2.50. The van der Waals surface area contributed by atoms with Crippen molar-refractivity contribution in [1.29, 1.82) is 0 Å². The maximum atomic E-state index is 5.81. The van der Waals surface area contributed by atoms with E-state index >= 15 is 0 Å². The minimum Gasteiger partial charge on any atom is -0.475 e. The van der Waals surface area contributed by atoms with Gasteiger partial charge in [-0.05, 0) is 37.4 Å². The molecule has 1 N–H and O–H groups in total. The Balaban J connectivity index is 2.52. The van der Waals surface area contributed by atoms with Gasteiger partial charge in [-0.25, -0.2) is 4.98 Å². The number of nitrogens with zero attached hydrogens (tertiary/aromatic N) is 1. The van der Waals surface area contributed by atoms with Gasteiger partial charge >= 0.3 is 0 Å². The summed E-state index contributed by atoms with van der Waals surface area (Å²) in [5.41, 5.74) is 1.22. The van der Waals surface area contributed by atoms with Gasteiger partial charge in [-0.1, -0.05) is 20.8 Å². The highest BCUT2D eigenvalue weighted by atomic mass is 16.5. The average Bonchev–Trinajstić information content (AvgIpc) is 2.25. The van der Waals surface area contributed by atoms with Gasteiger partial charge in [0.2, 0.25) is 5.88 Å². The van der Waals surface area contributed by atoms with E-state index in [2.05, 4.69) is 38.0 Å². The number of ether oxygens (including phenoxy) is 1. The second kappa shape index (κ2) is 7.28. The van der Waals surface area contributed by atoms with E-state index in [9.17, 15) is 0 Å². The molecule has 1 heterocycles. The molecular formula is C14H24N2O. The Labute approximate surface area is 105 Å². The standard InChI is InChI=1S/C14H24N2O/c1-5-15-10-13-6-7-16-14(9-13)17-12(4)8-11(2)3/h6-7,9,11-12,15H,5,8,10H2,1-4H3. The van der Waals surface area contributed by atoms with Crippen molar-refractivity contribution < 1.29 is 4.74 Å². The lowest BCUT2D eigenvalue weighted by atomic mass is 10.1. The van der Waals surface area contributed by atoms with Gasteiger partial charge in [0.1, 0.15) is 0 Å². The molecule has 0 fully saturated rings. The average molecular weight is 236 g/mol. The lowest BCUT2D eigenvalue weighted by molar-refractivity contribution is 0.185. The SMILES string of the molecule is CCNCc1ccnc(OC(C)CC(C)C)c1. The van der Waals surface area contributed by atoms with Crippen molar-refractivity contribution in [3.8, 4) is 5.88 Å². The van der Waals surface area contributed by atoms with Crippen molar-refractivity contribution >= 4 is 0 Å². The van der Waals surface area contributed by atoms with Crippen LogP contribution in [-0.4, -0.2) is 17.6 Å². The number of pyridine rings is 1. The molecule has 0 aromatic carbocycles. The largest absolute Gasteiger partial charge is 0.475 e. The summed E-state index contributed by atoms with van der Waals surface area (Å²) < 4.78 is 5.81. The van der Waals surface area contributed by atoms with Crippen LogP contribution in [0.3, 0.4) is 0 Å². The monoisotopic (exact) mass is 236 g/mol. The van der Waals surface area contributed by atoms with Crippen LogP contribution in [0.1, 0.15) is 39.7 Å². The molecular weight excluding hydrogens is 212 g/mol. The fourth-order valence-electron chi connectivity index (χ4n) is 1.81. The molecule has 1 aromatic heterocycles. The fourth-order valence-corrected chi connectivity index (χ4v) is 1.81. The summed E-state index contributed by atoms with van der Waals surface area (Å²) in [6.45, 7) is 10.4. The first-order valence-corrected chi connectivity index (χ1v) is 6.44. The van der Waals surface area contributed by atoms with Gasteiger partial charge in [0.15, 0.2) is 0 Å². The molecule has 1 atom stereocenters. The minimum absolute atomic E-state index is 0.219. The van der Waals surface area contributed by atoms with E-state index in [1.807, 2.05) is 18.3 Å². The maximum absolute atomic E-state index is 5.81. The van der Waals surface area contributed by atoms with Crippen LogP contribution < -0.4 is 10.1 Å². The molecule has 0 aliphatic rings. The Morgan fingerprint density at radius 1 is 1.35 bits per heavy atom. The highest BCUT2D eigenvalue weighted by Crippen LogP contribution is 2.14. The van der Waals surface area contributed by atoms with Crippen LogP contribution in [0.5, 0.6) is 5.88 Å². The second-order valence-corrected chi connectivity index (χ2v) is 4.84. The molecule has 0 saturated heterocycles. The molecule has 0 saturated carbocycles. The zero-order valence-corrected chi connectivity index (χ0v) is 11.4. The number of hydrogen-bond donors (Lipinski definition) is 1. The van der Waals surface area contributed by atoms with Gasteiger partial charge in [-0.3, -0.25) is 0 Å². The molecule has 1 unspecified atom stereocenters. The van der Waals surface area contributed by atoms with E-state index in [4.69, 9.17) is 4.74 Å². The maximum Gasteiger partial charge on any atom is 0.213 e. The molecule has 0 spiro atoms. The minimum atomic E-state index is 0.219. The van der Waals surface area contributed by atoms with Crippen molar-refractivity contribution in [2.45, 2.75) is 46.8 Å². The molecule has 0 radical (unpaired) electrons. The quantitative estimate of drug-likeness (QED) is 0.790. The molecule has 1 rings (SSSR count). The summed E-state index contributed by atoms with van der Waals surface area (Å²) in [4.78, 5) is 4.24. The Morgan fingerprint density at radius 3 is 2.76 bits per heavy atom. The predicted molar refractivity (Wildman–Crippen MR) is 71.2 cm³/mol.